The molecule has 2 aromatic rings. The fraction of sp³-hybridized carbons (Fsp3) is 0.357. The Morgan fingerprint density at radius 1 is 1.42 bits per heavy atom. The summed E-state index contributed by atoms with van der Waals surface area (Å²) in [5.41, 5.74) is 0.305. The van der Waals surface area contributed by atoms with E-state index in [0.717, 1.165) is 0 Å². The van der Waals surface area contributed by atoms with Crippen molar-refractivity contribution in [3.8, 4) is 0 Å². The molecule has 4 nitrogen and oxygen atoms in total. The Morgan fingerprint density at radius 2 is 2.11 bits per heavy atom. The molecule has 0 aliphatic heterocycles. The lowest BCUT2D eigenvalue weighted by atomic mass is 10.2. The highest BCUT2D eigenvalue weighted by atomic mass is 19.1. The van der Waals surface area contributed by atoms with Gasteiger partial charge in [-0.2, -0.15) is 0 Å². The van der Waals surface area contributed by atoms with Gasteiger partial charge in [0.25, 0.3) is 0 Å². The van der Waals surface area contributed by atoms with Crippen molar-refractivity contribution in [3.05, 3.63) is 35.8 Å². The predicted octanol–water partition coefficient (Wildman–Crippen LogP) is 3.06. The van der Waals surface area contributed by atoms with Crippen molar-refractivity contribution in [2.75, 3.05) is 0 Å². The fourth-order valence-electron chi connectivity index (χ4n) is 1.86. The smallest absolute Gasteiger partial charge is 0.419 e. The minimum atomic E-state index is -0.639. The maximum Gasteiger partial charge on any atom is 0.419 e. The molecule has 0 radical (unpaired) electrons. The third-order valence-electron chi connectivity index (χ3n) is 2.61. The Balaban J connectivity index is 2.54. The van der Waals surface area contributed by atoms with E-state index in [4.69, 9.17) is 4.74 Å². The van der Waals surface area contributed by atoms with E-state index in [1.54, 1.807) is 20.8 Å². The highest BCUT2D eigenvalue weighted by Gasteiger charge is 2.20. The number of aliphatic hydroxyl groups is 1. The zero-order chi connectivity index (χ0) is 14.2. The van der Waals surface area contributed by atoms with E-state index in [1.165, 1.54) is 29.0 Å². The molecule has 102 valence electrons. The topological polar surface area (TPSA) is 51.5 Å². The molecule has 5 heteroatoms. The molecule has 19 heavy (non-hydrogen) atoms. The van der Waals surface area contributed by atoms with E-state index < -0.39 is 17.5 Å². The quantitative estimate of drug-likeness (QED) is 0.862. The summed E-state index contributed by atoms with van der Waals surface area (Å²) < 4.78 is 19.8. The van der Waals surface area contributed by atoms with E-state index >= 15 is 0 Å². The number of hydrogen-bond donors (Lipinski definition) is 1. The third-order valence-corrected chi connectivity index (χ3v) is 2.61. The van der Waals surface area contributed by atoms with Crippen LogP contribution in [0.3, 0.4) is 0 Å². The Bertz CT molecular complexity index is 625. The van der Waals surface area contributed by atoms with Gasteiger partial charge in [-0.3, -0.25) is 4.57 Å². The van der Waals surface area contributed by atoms with Crippen molar-refractivity contribution in [2.24, 2.45) is 0 Å². The van der Waals surface area contributed by atoms with Gasteiger partial charge in [0, 0.05) is 17.1 Å². The summed E-state index contributed by atoms with van der Waals surface area (Å²) in [6.07, 6.45) is 0.876. The average molecular weight is 265 g/mol. The SMILES string of the molecule is CC(C)(C)OC(=O)n1cc(CO)c2ccc(F)cc21. The summed E-state index contributed by atoms with van der Waals surface area (Å²) in [7, 11) is 0. The van der Waals surface area contributed by atoms with E-state index in [1.807, 2.05) is 0 Å². The number of hydrogen-bond acceptors (Lipinski definition) is 3. The lowest BCUT2D eigenvalue weighted by Gasteiger charge is -2.19. The molecule has 1 aromatic carbocycles. The first-order chi connectivity index (χ1) is 8.81. The zero-order valence-electron chi connectivity index (χ0n) is 11.1. The number of carbonyl (C=O) groups is 1. The third kappa shape index (κ3) is 2.76. The second kappa shape index (κ2) is 4.66. The van der Waals surface area contributed by atoms with Crippen LogP contribution in [0.15, 0.2) is 24.4 Å². The van der Waals surface area contributed by atoms with E-state index in [0.29, 0.717) is 16.5 Å². The molecule has 2 rings (SSSR count). The van der Waals surface area contributed by atoms with Crippen LogP contribution in [0.25, 0.3) is 10.9 Å². The lowest BCUT2D eigenvalue weighted by Crippen LogP contribution is -2.26. The number of carbonyl (C=O) groups excluding carboxylic acids is 1. The Morgan fingerprint density at radius 3 is 2.68 bits per heavy atom. The number of ether oxygens (including phenoxy) is 1. The molecule has 1 aromatic heterocycles. The van der Waals surface area contributed by atoms with Crippen LogP contribution in [0.1, 0.15) is 26.3 Å². The molecule has 0 fully saturated rings. The molecule has 0 unspecified atom stereocenters. The van der Waals surface area contributed by atoms with Gasteiger partial charge in [-0.15, -0.1) is 0 Å². The number of fused-ring (bicyclic) bond motifs is 1. The standard InChI is InChI=1S/C14H16FNO3/c1-14(2,3)19-13(18)16-7-9(8-17)11-5-4-10(15)6-12(11)16/h4-7,17H,8H2,1-3H3. The first-order valence-corrected chi connectivity index (χ1v) is 5.95. The van der Waals surface area contributed by atoms with Crippen LogP contribution in [0.4, 0.5) is 9.18 Å². The first-order valence-electron chi connectivity index (χ1n) is 5.95. The van der Waals surface area contributed by atoms with Crippen molar-refractivity contribution < 1.29 is 19.0 Å². The summed E-state index contributed by atoms with van der Waals surface area (Å²) in [6, 6.07) is 4.08. The van der Waals surface area contributed by atoms with E-state index in [9.17, 15) is 14.3 Å². The molecule has 0 aliphatic rings. The number of benzene rings is 1. The zero-order valence-corrected chi connectivity index (χ0v) is 11.1. The van der Waals surface area contributed by atoms with E-state index in [2.05, 4.69) is 0 Å². The molecule has 0 amide bonds. The summed E-state index contributed by atoms with van der Waals surface area (Å²) in [5, 5.41) is 9.91. The lowest BCUT2D eigenvalue weighted by molar-refractivity contribution is 0.0544. The van der Waals surface area contributed by atoms with Crippen LogP contribution < -0.4 is 0 Å². The van der Waals surface area contributed by atoms with Gasteiger partial charge in [0.15, 0.2) is 0 Å². The highest BCUT2D eigenvalue weighted by molar-refractivity contribution is 5.92. The van der Waals surface area contributed by atoms with Crippen LogP contribution in [-0.2, 0) is 11.3 Å². The molecule has 0 spiro atoms. The Kier molecular flexibility index (Phi) is 3.32. The van der Waals surface area contributed by atoms with Gasteiger partial charge < -0.3 is 9.84 Å². The van der Waals surface area contributed by atoms with Crippen LogP contribution in [0.2, 0.25) is 0 Å². The molecule has 0 saturated carbocycles. The predicted molar refractivity (Wildman–Crippen MR) is 69.5 cm³/mol. The Labute approximate surface area is 110 Å². The van der Waals surface area contributed by atoms with Crippen LogP contribution in [-0.4, -0.2) is 21.4 Å². The van der Waals surface area contributed by atoms with Gasteiger partial charge >= 0.3 is 6.09 Å². The second-order valence-electron chi connectivity index (χ2n) is 5.32. The van der Waals surface area contributed by atoms with Crippen molar-refractivity contribution in [3.63, 3.8) is 0 Å². The minimum absolute atomic E-state index is 0.224. The molecule has 1 heterocycles. The van der Waals surface area contributed by atoms with Crippen LogP contribution >= 0.6 is 0 Å². The molecule has 0 saturated heterocycles. The van der Waals surface area contributed by atoms with Crippen molar-refractivity contribution in [1.29, 1.82) is 0 Å². The molecule has 0 atom stereocenters. The molecule has 0 bridgehead atoms. The maximum absolute atomic E-state index is 13.3. The van der Waals surface area contributed by atoms with Crippen molar-refractivity contribution in [1.82, 2.24) is 4.57 Å². The maximum atomic E-state index is 13.3. The van der Waals surface area contributed by atoms with Gasteiger partial charge in [0.05, 0.1) is 12.1 Å². The van der Waals surface area contributed by atoms with Crippen molar-refractivity contribution >= 4 is 17.0 Å². The Hall–Kier alpha value is -1.88. The number of rotatable bonds is 1. The monoisotopic (exact) mass is 265 g/mol. The first kappa shape index (κ1) is 13.5. The normalized spacial score (nSPS) is 11.8. The molecular weight excluding hydrogens is 249 g/mol. The van der Waals surface area contributed by atoms with Crippen molar-refractivity contribution in [2.45, 2.75) is 33.0 Å². The molecular formula is C14H16FNO3. The summed E-state index contributed by atoms with van der Waals surface area (Å²) in [6.45, 7) is 5.04. The molecule has 0 aliphatic carbocycles. The average Bonchev–Trinajstić information content (AvgIpc) is 2.64. The number of nitrogens with zero attached hydrogens (tertiary/aromatic N) is 1. The van der Waals surface area contributed by atoms with Crippen LogP contribution in [0.5, 0.6) is 0 Å². The van der Waals surface area contributed by atoms with E-state index in [-0.39, 0.29) is 6.61 Å². The number of aliphatic hydroxyl groups excluding tert-OH is 1. The number of aromatic nitrogens is 1. The second-order valence-corrected chi connectivity index (χ2v) is 5.32. The van der Waals surface area contributed by atoms with Gasteiger partial charge in [0.2, 0.25) is 0 Å². The van der Waals surface area contributed by atoms with Crippen LogP contribution in [0, 0.1) is 5.82 Å². The fourth-order valence-corrected chi connectivity index (χ4v) is 1.86. The summed E-state index contributed by atoms with van der Waals surface area (Å²) >= 11 is 0. The minimum Gasteiger partial charge on any atom is -0.443 e. The van der Waals surface area contributed by atoms with Gasteiger partial charge in [-0.05, 0) is 39.0 Å². The largest absolute Gasteiger partial charge is 0.443 e. The summed E-state index contributed by atoms with van der Waals surface area (Å²) in [4.78, 5) is 12.1. The van der Waals surface area contributed by atoms with Gasteiger partial charge in [0.1, 0.15) is 11.4 Å². The highest BCUT2D eigenvalue weighted by Crippen LogP contribution is 2.23. The van der Waals surface area contributed by atoms with Gasteiger partial charge in [-0.1, -0.05) is 0 Å². The molecule has 1 N–H and O–H groups in total. The number of halogens is 1. The van der Waals surface area contributed by atoms with Gasteiger partial charge in [-0.25, -0.2) is 9.18 Å². The summed E-state index contributed by atoms with van der Waals surface area (Å²) in [5.74, 6) is -0.445.